The van der Waals surface area contributed by atoms with Crippen molar-refractivity contribution in [3.8, 4) is 11.5 Å². The van der Waals surface area contributed by atoms with Crippen LogP contribution in [0.1, 0.15) is 49.1 Å². The second kappa shape index (κ2) is 12.9. The molecule has 42 heavy (non-hydrogen) atoms. The third-order valence-electron chi connectivity index (χ3n) is 6.69. The van der Waals surface area contributed by atoms with Gasteiger partial charge in [-0.2, -0.15) is 4.98 Å². The van der Waals surface area contributed by atoms with Crippen molar-refractivity contribution in [1.29, 1.82) is 0 Å². The third-order valence-corrected chi connectivity index (χ3v) is 7.95. The SMILES string of the molecule is COc1cc(C2C(C(=O)OC(C)C)=C(C)Nc3nc(SCc4ccccc4Cl)nn32)ccc1OCc1cccc(C)c1. The Morgan fingerprint density at radius 3 is 2.62 bits per heavy atom. The fraction of sp³-hybridized carbons (Fsp3) is 0.281. The maximum absolute atomic E-state index is 13.4. The Bertz CT molecular complexity index is 1630. The molecule has 1 aromatic heterocycles. The minimum Gasteiger partial charge on any atom is -0.493 e. The summed E-state index contributed by atoms with van der Waals surface area (Å²) < 4.78 is 19.2. The maximum atomic E-state index is 13.4. The number of thioether (sulfide) groups is 1. The number of methoxy groups -OCH3 is 1. The fourth-order valence-corrected chi connectivity index (χ4v) is 5.85. The summed E-state index contributed by atoms with van der Waals surface area (Å²) in [6.07, 6.45) is -0.288. The Balaban J connectivity index is 1.48. The lowest BCUT2D eigenvalue weighted by atomic mass is 9.95. The largest absolute Gasteiger partial charge is 0.493 e. The molecule has 1 aliphatic rings. The smallest absolute Gasteiger partial charge is 0.338 e. The summed E-state index contributed by atoms with van der Waals surface area (Å²) in [5.74, 6) is 1.84. The van der Waals surface area contributed by atoms with E-state index >= 15 is 0 Å². The van der Waals surface area contributed by atoms with Crippen molar-refractivity contribution in [2.24, 2.45) is 0 Å². The van der Waals surface area contributed by atoms with Gasteiger partial charge in [0.25, 0.3) is 0 Å². The molecule has 0 saturated heterocycles. The van der Waals surface area contributed by atoms with Crippen LogP contribution in [0, 0.1) is 6.92 Å². The number of fused-ring (bicyclic) bond motifs is 1. The van der Waals surface area contributed by atoms with E-state index < -0.39 is 12.0 Å². The Kier molecular flexibility index (Phi) is 9.09. The lowest BCUT2D eigenvalue weighted by molar-refractivity contribution is -0.143. The Labute approximate surface area is 255 Å². The van der Waals surface area contributed by atoms with Crippen molar-refractivity contribution in [1.82, 2.24) is 14.8 Å². The molecule has 2 heterocycles. The van der Waals surface area contributed by atoms with E-state index in [0.717, 1.165) is 16.7 Å². The number of carbonyl (C=O) groups is 1. The first-order valence-corrected chi connectivity index (χ1v) is 15.0. The first-order valence-electron chi connectivity index (χ1n) is 13.6. The Morgan fingerprint density at radius 2 is 1.88 bits per heavy atom. The van der Waals surface area contributed by atoms with Gasteiger partial charge in [0, 0.05) is 16.5 Å². The molecule has 5 rings (SSSR count). The normalized spacial score (nSPS) is 14.4. The van der Waals surface area contributed by atoms with Crippen molar-refractivity contribution in [2.75, 3.05) is 12.4 Å². The van der Waals surface area contributed by atoms with E-state index in [2.05, 4.69) is 24.4 Å². The average molecular weight is 605 g/mol. The quantitative estimate of drug-likeness (QED) is 0.148. The van der Waals surface area contributed by atoms with Crippen molar-refractivity contribution < 1.29 is 19.0 Å². The van der Waals surface area contributed by atoms with Gasteiger partial charge in [0.05, 0.1) is 18.8 Å². The van der Waals surface area contributed by atoms with E-state index in [1.54, 1.807) is 11.8 Å². The van der Waals surface area contributed by atoms with Gasteiger partial charge in [-0.15, -0.1) is 5.10 Å². The number of anilines is 1. The highest BCUT2D eigenvalue weighted by Crippen LogP contribution is 2.40. The number of benzene rings is 3. The third kappa shape index (κ3) is 6.58. The highest BCUT2D eigenvalue weighted by molar-refractivity contribution is 7.98. The summed E-state index contributed by atoms with van der Waals surface area (Å²) in [5.41, 5.74) is 5.08. The molecule has 1 N–H and O–H groups in total. The molecule has 8 nitrogen and oxygen atoms in total. The molecule has 10 heteroatoms. The number of allylic oxidation sites excluding steroid dienone is 1. The predicted octanol–water partition coefficient (Wildman–Crippen LogP) is 7.36. The molecule has 1 aliphatic heterocycles. The average Bonchev–Trinajstić information content (AvgIpc) is 3.36. The van der Waals surface area contributed by atoms with Crippen molar-refractivity contribution in [3.05, 3.63) is 105 Å². The molecule has 0 radical (unpaired) electrons. The molecular formula is C32H33ClN4O4S. The number of rotatable bonds is 10. The Hall–Kier alpha value is -3.95. The van der Waals surface area contributed by atoms with Gasteiger partial charge in [-0.25, -0.2) is 9.48 Å². The van der Waals surface area contributed by atoms with Crippen LogP contribution in [0.5, 0.6) is 11.5 Å². The Morgan fingerprint density at radius 1 is 1.07 bits per heavy atom. The second-order valence-corrected chi connectivity index (χ2v) is 11.6. The first-order chi connectivity index (χ1) is 20.2. The number of halogens is 1. The second-order valence-electron chi connectivity index (χ2n) is 10.3. The summed E-state index contributed by atoms with van der Waals surface area (Å²) in [6, 6.07) is 20.9. The number of hydrogen-bond acceptors (Lipinski definition) is 8. The number of esters is 1. The highest BCUT2D eigenvalue weighted by atomic mass is 35.5. The number of carbonyl (C=O) groups excluding carboxylic acids is 1. The zero-order valence-electron chi connectivity index (χ0n) is 24.2. The zero-order chi connectivity index (χ0) is 29.8. The van der Waals surface area contributed by atoms with Gasteiger partial charge in [0.2, 0.25) is 11.1 Å². The number of hydrogen-bond donors (Lipinski definition) is 1. The van der Waals surface area contributed by atoms with Gasteiger partial charge in [0.1, 0.15) is 12.6 Å². The monoisotopic (exact) mass is 604 g/mol. The van der Waals surface area contributed by atoms with Crippen LogP contribution >= 0.6 is 23.4 Å². The number of ether oxygens (including phenoxy) is 3. The molecule has 1 atom stereocenters. The molecule has 0 amide bonds. The van der Waals surface area contributed by atoms with Gasteiger partial charge in [-0.1, -0.05) is 77.5 Å². The molecular weight excluding hydrogens is 572 g/mol. The molecule has 0 bridgehead atoms. The number of nitrogens with one attached hydrogen (secondary N) is 1. The topological polar surface area (TPSA) is 87.5 Å². The van der Waals surface area contributed by atoms with Gasteiger partial charge >= 0.3 is 5.97 Å². The van der Waals surface area contributed by atoms with Crippen LogP contribution in [0.3, 0.4) is 0 Å². The molecule has 0 spiro atoms. The van der Waals surface area contributed by atoms with Gasteiger partial charge in [-0.3, -0.25) is 0 Å². The van der Waals surface area contributed by atoms with Gasteiger partial charge < -0.3 is 19.5 Å². The summed E-state index contributed by atoms with van der Waals surface area (Å²) in [6.45, 7) is 7.94. The van der Waals surface area contributed by atoms with Crippen LogP contribution in [-0.4, -0.2) is 33.9 Å². The van der Waals surface area contributed by atoms with Crippen LogP contribution in [0.25, 0.3) is 0 Å². The minimum atomic E-state index is -0.602. The number of aryl methyl sites for hydroxylation is 1. The fourth-order valence-electron chi connectivity index (χ4n) is 4.74. The van der Waals surface area contributed by atoms with E-state index in [-0.39, 0.29) is 6.10 Å². The van der Waals surface area contributed by atoms with Gasteiger partial charge in [0.15, 0.2) is 11.5 Å². The van der Waals surface area contributed by atoms with Crippen LogP contribution in [-0.2, 0) is 21.9 Å². The summed E-state index contributed by atoms with van der Waals surface area (Å²) in [5, 5.41) is 9.31. The van der Waals surface area contributed by atoms with Crippen LogP contribution in [0.2, 0.25) is 5.02 Å². The summed E-state index contributed by atoms with van der Waals surface area (Å²) in [7, 11) is 1.60. The van der Waals surface area contributed by atoms with Crippen molar-refractivity contribution >= 4 is 35.3 Å². The molecule has 4 aromatic rings. The highest BCUT2D eigenvalue weighted by Gasteiger charge is 2.36. The maximum Gasteiger partial charge on any atom is 0.338 e. The van der Waals surface area contributed by atoms with Crippen LogP contribution in [0.4, 0.5) is 5.95 Å². The molecule has 218 valence electrons. The standard InChI is InChI=1S/C32H33ClN4O4S/c1-19(2)41-30(38)28-21(4)34-31-35-32(42-18-24-11-6-7-12-25(24)33)36-37(31)29(28)23-13-14-26(27(16-23)39-5)40-17-22-10-8-9-20(3)15-22/h6-16,19,29H,17-18H2,1-5H3,(H,34,35,36). The summed E-state index contributed by atoms with van der Waals surface area (Å²) >= 11 is 7.83. The molecule has 3 aromatic carbocycles. The van der Waals surface area contributed by atoms with Crippen molar-refractivity contribution in [2.45, 2.75) is 57.4 Å². The lowest BCUT2D eigenvalue weighted by Crippen LogP contribution is -2.30. The van der Waals surface area contributed by atoms with E-state index in [9.17, 15) is 4.79 Å². The van der Waals surface area contributed by atoms with Gasteiger partial charge in [-0.05, 0) is 62.6 Å². The number of aromatic nitrogens is 3. The molecule has 0 saturated carbocycles. The lowest BCUT2D eigenvalue weighted by Gasteiger charge is -2.29. The molecule has 0 fully saturated rings. The van der Waals surface area contributed by atoms with E-state index in [1.165, 1.54) is 17.3 Å². The van der Waals surface area contributed by atoms with Crippen LogP contribution in [0.15, 0.2) is 83.2 Å². The van der Waals surface area contributed by atoms with E-state index in [0.29, 0.717) is 51.3 Å². The number of nitrogens with zero attached hydrogens (tertiary/aromatic N) is 3. The zero-order valence-corrected chi connectivity index (χ0v) is 25.8. The van der Waals surface area contributed by atoms with Crippen molar-refractivity contribution in [3.63, 3.8) is 0 Å². The molecule has 1 unspecified atom stereocenters. The molecule has 0 aliphatic carbocycles. The van der Waals surface area contributed by atoms with E-state index in [4.69, 9.17) is 35.9 Å². The first kappa shape index (κ1) is 29.5. The predicted molar refractivity (Wildman–Crippen MR) is 165 cm³/mol. The van der Waals surface area contributed by atoms with E-state index in [1.807, 2.05) is 75.4 Å². The minimum absolute atomic E-state index is 0.288. The van der Waals surface area contributed by atoms with Crippen LogP contribution < -0.4 is 14.8 Å². The summed E-state index contributed by atoms with van der Waals surface area (Å²) in [4.78, 5) is 18.1.